The monoisotopic (exact) mass is 629 g/mol. The van der Waals surface area contributed by atoms with E-state index in [0.29, 0.717) is 0 Å². The molecule has 0 N–H and O–H groups in total. The van der Waals surface area contributed by atoms with Crippen LogP contribution in [0.25, 0.3) is 22.3 Å². The fraction of sp³-hybridized carbons (Fsp3) is 0.306. The van der Waals surface area contributed by atoms with Gasteiger partial charge in [0.1, 0.15) is 0 Å². The van der Waals surface area contributed by atoms with E-state index < -0.39 is 20.8 Å². The van der Waals surface area contributed by atoms with E-state index in [0.717, 1.165) is 19.3 Å². The van der Waals surface area contributed by atoms with Crippen LogP contribution in [0, 0.1) is 6.42 Å². The molecule has 4 aromatic rings. The van der Waals surface area contributed by atoms with Crippen molar-refractivity contribution in [3.05, 3.63) is 124 Å². The van der Waals surface area contributed by atoms with Crippen LogP contribution in [0.3, 0.4) is 0 Å². The summed E-state index contributed by atoms with van der Waals surface area (Å²) in [6.45, 7) is 14.1. The molecule has 0 aliphatic heterocycles. The average molecular weight is 632 g/mol. The van der Waals surface area contributed by atoms with E-state index in [1.54, 1.807) is 0 Å². The van der Waals surface area contributed by atoms with Crippen molar-refractivity contribution < 1.29 is 20.8 Å². The van der Waals surface area contributed by atoms with Crippen molar-refractivity contribution in [3.8, 4) is 22.3 Å². The molecule has 2 aliphatic rings. The molecule has 0 saturated heterocycles. The molecule has 0 fully saturated rings. The normalized spacial score (nSPS) is 13.0. The summed E-state index contributed by atoms with van der Waals surface area (Å²) in [5.74, 6) is 0. The topological polar surface area (TPSA) is 0 Å². The molecule has 3 heteroatoms. The molecule has 0 radical (unpaired) electrons. The molecule has 200 valence electrons. The first-order chi connectivity index (χ1) is 18.5. The van der Waals surface area contributed by atoms with Crippen LogP contribution in [0.5, 0.6) is 0 Å². The van der Waals surface area contributed by atoms with Gasteiger partial charge in [-0.25, -0.2) is 0 Å². The van der Waals surface area contributed by atoms with Gasteiger partial charge in [0.15, 0.2) is 0 Å². The summed E-state index contributed by atoms with van der Waals surface area (Å²) < 4.78 is 0. The van der Waals surface area contributed by atoms with E-state index in [4.69, 9.17) is 17.0 Å². The molecule has 0 aromatic heterocycles. The second-order valence-electron chi connectivity index (χ2n) is 12.8. The molecular weight excluding hydrogens is 595 g/mol. The molecular formula is C36H37Cl2Zr-. The molecule has 6 rings (SSSR count). The van der Waals surface area contributed by atoms with Crippen LogP contribution in [0.4, 0.5) is 0 Å². The van der Waals surface area contributed by atoms with Crippen molar-refractivity contribution in [2.75, 3.05) is 0 Å². The molecule has 0 saturated carbocycles. The fourth-order valence-corrected chi connectivity index (χ4v) is 6.54. The summed E-state index contributed by atoms with van der Waals surface area (Å²) in [4.78, 5) is 0. The molecule has 0 nitrogen and oxygen atoms in total. The van der Waals surface area contributed by atoms with Crippen molar-refractivity contribution in [3.63, 3.8) is 0 Å². The molecule has 0 unspecified atom stereocenters. The van der Waals surface area contributed by atoms with Crippen LogP contribution in [0.15, 0.2) is 72.8 Å². The predicted octanol–water partition coefficient (Wildman–Crippen LogP) is 10.6. The number of halogens is 2. The summed E-state index contributed by atoms with van der Waals surface area (Å²) in [6.07, 6.45) is 5.62. The Morgan fingerprint density at radius 1 is 0.615 bits per heavy atom. The standard InChI is InChI=1S/C36H37.2ClH.Zr/c1-35(2,3)33-19-17-27-25-13-9-7-11-23(25)21-31(27)29(33)15-16-30-32-22-24-12-8-10-14-26(24)28(32)18-20-34(30)36(4,5)6;;;/h7-15,17-20H,16,21-22H2,1-6H3;2*1H;/q-1;;;+2/p-2. The first-order valence-electron chi connectivity index (χ1n) is 13.8. The predicted molar refractivity (Wildman–Crippen MR) is 166 cm³/mol. The van der Waals surface area contributed by atoms with Crippen molar-refractivity contribution in [2.45, 2.75) is 71.6 Å². The van der Waals surface area contributed by atoms with Gasteiger partial charge < -0.3 is 0 Å². The molecule has 0 bridgehead atoms. The summed E-state index contributed by atoms with van der Waals surface area (Å²) in [5, 5.41) is 0. The van der Waals surface area contributed by atoms with Crippen molar-refractivity contribution >= 4 is 17.0 Å². The van der Waals surface area contributed by atoms with Gasteiger partial charge in [-0.15, -0.1) is 17.2 Å². The van der Waals surface area contributed by atoms with Gasteiger partial charge in [0, 0.05) is 0 Å². The van der Waals surface area contributed by atoms with Crippen molar-refractivity contribution in [2.24, 2.45) is 0 Å². The van der Waals surface area contributed by atoms with Gasteiger partial charge in [-0.1, -0.05) is 126 Å². The Kier molecular flexibility index (Phi) is 8.28. The molecule has 2 aliphatic carbocycles. The zero-order valence-corrected chi connectivity index (χ0v) is 27.9. The van der Waals surface area contributed by atoms with E-state index in [9.17, 15) is 0 Å². The van der Waals surface area contributed by atoms with Crippen molar-refractivity contribution in [1.82, 2.24) is 0 Å². The summed E-state index contributed by atoms with van der Waals surface area (Å²) in [5.41, 5.74) is 17.8. The van der Waals surface area contributed by atoms with Crippen LogP contribution in [-0.4, -0.2) is 0 Å². The third-order valence-corrected chi connectivity index (χ3v) is 8.26. The zero-order chi connectivity index (χ0) is 27.9. The van der Waals surface area contributed by atoms with Crippen LogP contribution in [0.1, 0.15) is 86.1 Å². The first-order valence-corrected chi connectivity index (χ1v) is 20.1. The van der Waals surface area contributed by atoms with Crippen LogP contribution in [0.2, 0.25) is 0 Å². The number of hydrogen-bond acceptors (Lipinski definition) is 0. The summed E-state index contributed by atoms with van der Waals surface area (Å²) >= 11 is -0.826. The number of benzene rings is 4. The quantitative estimate of drug-likeness (QED) is 0.171. The number of hydrogen-bond donors (Lipinski definition) is 0. The Bertz CT molecular complexity index is 1400. The summed E-state index contributed by atoms with van der Waals surface area (Å²) in [7, 11) is 9.87. The van der Waals surface area contributed by atoms with E-state index in [1.807, 2.05) is 0 Å². The van der Waals surface area contributed by atoms with Gasteiger partial charge in [0.25, 0.3) is 0 Å². The third kappa shape index (κ3) is 5.57. The van der Waals surface area contributed by atoms with Gasteiger partial charge in [-0.05, 0) is 62.8 Å². The van der Waals surface area contributed by atoms with E-state index >= 15 is 0 Å². The third-order valence-electron chi connectivity index (χ3n) is 8.26. The van der Waals surface area contributed by atoms with Gasteiger partial charge in [0.2, 0.25) is 0 Å². The van der Waals surface area contributed by atoms with E-state index in [1.165, 1.54) is 66.8 Å². The summed E-state index contributed by atoms with van der Waals surface area (Å²) in [6, 6.07) is 27.5. The Morgan fingerprint density at radius 3 is 1.62 bits per heavy atom. The Hall–Kier alpha value is -1.79. The van der Waals surface area contributed by atoms with E-state index in [-0.39, 0.29) is 10.8 Å². The Labute approximate surface area is 253 Å². The van der Waals surface area contributed by atoms with Crippen LogP contribution < -0.4 is 0 Å². The Morgan fingerprint density at radius 2 is 1.08 bits per heavy atom. The number of rotatable bonds is 3. The second kappa shape index (κ2) is 11.2. The van der Waals surface area contributed by atoms with Gasteiger partial charge >= 0.3 is 37.9 Å². The minimum atomic E-state index is -0.826. The van der Waals surface area contributed by atoms with E-state index in [2.05, 4.69) is 121 Å². The van der Waals surface area contributed by atoms with Gasteiger partial charge in [-0.2, -0.15) is 12.0 Å². The maximum atomic E-state index is 4.93. The van der Waals surface area contributed by atoms with Gasteiger partial charge in [-0.3, -0.25) is 0 Å². The second-order valence-corrected chi connectivity index (χ2v) is 16.5. The van der Waals surface area contributed by atoms with Gasteiger partial charge in [0.05, 0.1) is 0 Å². The fourth-order valence-electron chi connectivity index (χ4n) is 6.54. The minimum absolute atomic E-state index is 0.0946. The maximum absolute atomic E-state index is 4.93. The molecule has 0 amide bonds. The number of fused-ring (bicyclic) bond motifs is 6. The first kappa shape index (κ1) is 28.7. The molecule has 0 spiro atoms. The molecule has 39 heavy (non-hydrogen) atoms. The average Bonchev–Trinajstić information content (AvgIpc) is 3.45. The SMILES string of the molecule is CC(C)(C)c1ccc2c(c1[CH-]Cc1c(C(C)(C)C)ccc3c1Cc1ccccc1-3)Cc1ccccc1-2.[Cl][Zr][Cl]. The Balaban J connectivity index is 0.000000983. The van der Waals surface area contributed by atoms with Crippen LogP contribution >= 0.6 is 17.0 Å². The molecule has 0 heterocycles. The molecule has 4 aromatic carbocycles. The van der Waals surface area contributed by atoms with Crippen molar-refractivity contribution in [1.29, 1.82) is 0 Å². The zero-order valence-electron chi connectivity index (χ0n) is 23.9. The van der Waals surface area contributed by atoms with Crippen LogP contribution in [-0.2, 0) is 50.9 Å². The molecule has 0 atom stereocenters.